The first kappa shape index (κ1) is 14.8. The first-order valence-electron chi connectivity index (χ1n) is 6.92. The van der Waals surface area contributed by atoms with Crippen LogP contribution >= 0.6 is 0 Å². The fourth-order valence-electron chi connectivity index (χ4n) is 2.32. The van der Waals surface area contributed by atoms with E-state index in [2.05, 4.69) is 0 Å². The lowest BCUT2D eigenvalue weighted by atomic mass is 10.1. The molecule has 1 atom stereocenters. The molecule has 3 N–H and O–H groups in total. The fraction of sp³-hybridized carbons (Fsp3) is 0.533. The maximum atomic E-state index is 11.7. The molecule has 20 heavy (non-hydrogen) atoms. The third-order valence-corrected chi connectivity index (χ3v) is 3.57. The quantitative estimate of drug-likeness (QED) is 0.830. The lowest BCUT2D eigenvalue weighted by Crippen LogP contribution is -2.41. The SMILES string of the molecule is Cc1ccc(OCC2(O)CCN(C(=O)CCN)C2)cc1. The largest absolute Gasteiger partial charge is 0.491 e. The maximum Gasteiger partial charge on any atom is 0.223 e. The summed E-state index contributed by atoms with van der Waals surface area (Å²) in [6.45, 7) is 3.43. The van der Waals surface area contributed by atoms with Crippen molar-refractivity contribution < 1.29 is 14.6 Å². The van der Waals surface area contributed by atoms with E-state index in [4.69, 9.17) is 10.5 Å². The van der Waals surface area contributed by atoms with Gasteiger partial charge in [0.1, 0.15) is 18.0 Å². The summed E-state index contributed by atoms with van der Waals surface area (Å²) in [6.07, 6.45) is 0.865. The number of carbonyl (C=O) groups excluding carboxylic acids is 1. The molecule has 0 aromatic heterocycles. The Kier molecular flexibility index (Phi) is 4.62. The smallest absolute Gasteiger partial charge is 0.223 e. The Bertz CT molecular complexity index is 461. The molecule has 0 aliphatic carbocycles. The molecule has 1 fully saturated rings. The molecule has 110 valence electrons. The van der Waals surface area contributed by atoms with Crippen molar-refractivity contribution in [3.63, 3.8) is 0 Å². The number of aliphatic hydroxyl groups is 1. The Balaban J connectivity index is 1.86. The zero-order valence-electron chi connectivity index (χ0n) is 11.8. The summed E-state index contributed by atoms with van der Waals surface area (Å²) in [5, 5.41) is 10.4. The number of amides is 1. The van der Waals surface area contributed by atoms with Crippen LogP contribution < -0.4 is 10.5 Å². The van der Waals surface area contributed by atoms with Gasteiger partial charge in [0.2, 0.25) is 5.91 Å². The summed E-state index contributed by atoms with van der Waals surface area (Å²) in [6, 6.07) is 7.69. The van der Waals surface area contributed by atoms with E-state index in [1.165, 1.54) is 0 Å². The second kappa shape index (κ2) is 6.24. The van der Waals surface area contributed by atoms with E-state index in [-0.39, 0.29) is 12.5 Å². The summed E-state index contributed by atoms with van der Waals surface area (Å²) < 4.78 is 5.62. The van der Waals surface area contributed by atoms with Crippen molar-refractivity contribution in [1.82, 2.24) is 4.90 Å². The minimum atomic E-state index is -0.963. The Morgan fingerprint density at radius 3 is 2.80 bits per heavy atom. The van der Waals surface area contributed by atoms with Crippen molar-refractivity contribution in [2.45, 2.75) is 25.4 Å². The van der Waals surface area contributed by atoms with Gasteiger partial charge in [0, 0.05) is 19.5 Å². The maximum absolute atomic E-state index is 11.7. The Labute approximate surface area is 119 Å². The van der Waals surface area contributed by atoms with Crippen LogP contribution in [0, 0.1) is 6.92 Å². The molecule has 5 nitrogen and oxygen atoms in total. The highest BCUT2D eigenvalue weighted by Gasteiger charge is 2.38. The van der Waals surface area contributed by atoms with Gasteiger partial charge in [-0.25, -0.2) is 0 Å². The number of aryl methyl sites for hydroxylation is 1. The predicted octanol–water partition coefficient (Wildman–Crippen LogP) is 0.686. The van der Waals surface area contributed by atoms with Crippen LogP contribution in [0.15, 0.2) is 24.3 Å². The molecule has 1 aromatic carbocycles. The highest BCUT2D eigenvalue weighted by molar-refractivity contribution is 5.76. The Morgan fingerprint density at radius 1 is 1.45 bits per heavy atom. The summed E-state index contributed by atoms with van der Waals surface area (Å²) >= 11 is 0. The lowest BCUT2D eigenvalue weighted by Gasteiger charge is -2.23. The van der Waals surface area contributed by atoms with E-state index in [1.54, 1.807) is 4.90 Å². The van der Waals surface area contributed by atoms with E-state index in [9.17, 15) is 9.90 Å². The number of hydrogen-bond donors (Lipinski definition) is 2. The molecule has 1 aliphatic heterocycles. The van der Waals surface area contributed by atoms with Gasteiger partial charge in [0.25, 0.3) is 0 Å². The first-order chi connectivity index (χ1) is 9.52. The van der Waals surface area contributed by atoms with Crippen LogP contribution in [0.2, 0.25) is 0 Å². The van der Waals surface area contributed by atoms with Gasteiger partial charge in [0.05, 0.1) is 6.54 Å². The number of carbonyl (C=O) groups is 1. The number of benzene rings is 1. The van der Waals surface area contributed by atoms with Crippen LogP contribution in [0.5, 0.6) is 5.75 Å². The number of β-amino-alcohol motifs (C(OH)–C–C–N with tert-alkyl or cyclic N) is 1. The fourth-order valence-corrected chi connectivity index (χ4v) is 2.32. The van der Waals surface area contributed by atoms with Crippen molar-refractivity contribution in [2.24, 2.45) is 5.73 Å². The molecule has 1 unspecified atom stereocenters. The predicted molar refractivity (Wildman–Crippen MR) is 76.5 cm³/mol. The second-order valence-electron chi connectivity index (χ2n) is 5.43. The summed E-state index contributed by atoms with van der Waals surface area (Å²) in [5.74, 6) is 0.731. The monoisotopic (exact) mass is 278 g/mol. The lowest BCUT2D eigenvalue weighted by molar-refractivity contribution is -0.131. The van der Waals surface area contributed by atoms with Gasteiger partial charge < -0.3 is 20.5 Å². The van der Waals surface area contributed by atoms with E-state index < -0.39 is 5.60 Å². The molecule has 0 radical (unpaired) electrons. The molecular formula is C15H22N2O3. The van der Waals surface area contributed by atoms with E-state index in [0.717, 1.165) is 11.3 Å². The van der Waals surface area contributed by atoms with E-state index in [1.807, 2.05) is 31.2 Å². The molecule has 1 saturated heterocycles. The highest BCUT2D eigenvalue weighted by Crippen LogP contribution is 2.23. The van der Waals surface area contributed by atoms with Gasteiger partial charge in [-0.15, -0.1) is 0 Å². The third kappa shape index (κ3) is 3.71. The Hall–Kier alpha value is -1.59. The van der Waals surface area contributed by atoms with Crippen LogP contribution in [0.1, 0.15) is 18.4 Å². The van der Waals surface area contributed by atoms with Crippen LogP contribution in [0.25, 0.3) is 0 Å². The molecule has 1 aliphatic rings. The summed E-state index contributed by atoms with van der Waals surface area (Å²) in [7, 11) is 0. The van der Waals surface area contributed by atoms with Crippen molar-refractivity contribution >= 4 is 5.91 Å². The topological polar surface area (TPSA) is 75.8 Å². The molecule has 0 spiro atoms. The number of rotatable bonds is 5. The average Bonchev–Trinajstić information content (AvgIpc) is 2.82. The Morgan fingerprint density at radius 2 is 2.15 bits per heavy atom. The highest BCUT2D eigenvalue weighted by atomic mass is 16.5. The van der Waals surface area contributed by atoms with E-state index >= 15 is 0 Å². The third-order valence-electron chi connectivity index (χ3n) is 3.57. The second-order valence-corrected chi connectivity index (χ2v) is 5.43. The van der Waals surface area contributed by atoms with Crippen molar-refractivity contribution in [1.29, 1.82) is 0 Å². The standard InChI is InChI=1S/C15H22N2O3/c1-12-2-4-13(5-3-12)20-11-15(19)7-9-17(10-15)14(18)6-8-16/h2-5,19H,6-11,16H2,1H3. The number of hydrogen-bond acceptors (Lipinski definition) is 4. The minimum absolute atomic E-state index is 0.00115. The summed E-state index contributed by atoms with van der Waals surface area (Å²) in [4.78, 5) is 13.4. The molecule has 5 heteroatoms. The zero-order chi connectivity index (χ0) is 14.6. The van der Waals surface area contributed by atoms with Gasteiger partial charge in [-0.1, -0.05) is 17.7 Å². The zero-order valence-corrected chi connectivity index (χ0v) is 11.8. The molecule has 2 rings (SSSR count). The van der Waals surface area contributed by atoms with Crippen LogP contribution in [0.3, 0.4) is 0 Å². The number of nitrogens with two attached hydrogens (primary N) is 1. The van der Waals surface area contributed by atoms with Gasteiger partial charge in [-0.05, 0) is 25.5 Å². The van der Waals surface area contributed by atoms with Gasteiger partial charge in [-0.3, -0.25) is 4.79 Å². The first-order valence-corrected chi connectivity index (χ1v) is 6.92. The van der Waals surface area contributed by atoms with Crippen LogP contribution in [-0.2, 0) is 4.79 Å². The molecular weight excluding hydrogens is 256 g/mol. The molecule has 1 aromatic rings. The number of ether oxygens (including phenoxy) is 1. The van der Waals surface area contributed by atoms with Crippen LogP contribution in [-0.4, -0.2) is 47.8 Å². The van der Waals surface area contributed by atoms with Gasteiger partial charge >= 0.3 is 0 Å². The molecule has 0 bridgehead atoms. The van der Waals surface area contributed by atoms with Gasteiger partial charge in [0.15, 0.2) is 0 Å². The minimum Gasteiger partial charge on any atom is -0.491 e. The normalized spacial score (nSPS) is 22.1. The number of likely N-dealkylation sites (tertiary alicyclic amines) is 1. The van der Waals surface area contributed by atoms with Gasteiger partial charge in [-0.2, -0.15) is 0 Å². The number of nitrogens with zero attached hydrogens (tertiary/aromatic N) is 1. The van der Waals surface area contributed by atoms with Crippen molar-refractivity contribution in [3.05, 3.63) is 29.8 Å². The summed E-state index contributed by atoms with van der Waals surface area (Å²) in [5.41, 5.74) is 5.58. The average molecular weight is 278 g/mol. The van der Waals surface area contributed by atoms with Crippen molar-refractivity contribution in [2.75, 3.05) is 26.2 Å². The molecule has 1 heterocycles. The van der Waals surface area contributed by atoms with Crippen molar-refractivity contribution in [3.8, 4) is 5.75 Å². The van der Waals surface area contributed by atoms with E-state index in [0.29, 0.717) is 32.5 Å². The molecule has 0 saturated carbocycles. The van der Waals surface area contributed by atoms with Crippen LogP contribution in [0.4, 0.5) is 0 Å². The molecule has 1 amide bonds.